The minimum Gasteiger partial charge on any atom is -0.391 e. The molecule has 0 aromatic carbocycles. The Balaban J connectivity index is 3.77. The van der Waals surface area contributed by atoms with Gasteiger partial charge in [0.2, 0.25) is 11.8 Å². The van der Waals surface area contributed by atoms with Crippen molar-refractivity contribution in [2.45, 2.75) is 33.3 Å². The van der Waals surface area contributed by atoms with Gasteiger partial charge in [-0.2, -0.15) is 0 Å². The van der Waals surface area contributed by atoms with Crippen molar-refractivity contribution in [2.24, 2.45) is 5.92 Å². The van der Waals surface area contributed by atoms with Crippen molar-refractivity contribution in [3.05, 3.63) is 0 Å². The number of nitrogens with one attached hydrogen (secondary N) is 1. The SMILES string of the molecule is CC(=O)N(C)CC(=O)NCC(O)CC(C)C. The molecule has 5 nitrogen and oxygen atoms in total. The van der Waals surface area contributed by atoms with Gasteiger partial charge in [0, 0.05) is 20.5 Å². The molecule has 1 atom stereocenters. The number of rotatable bonds is 6. The molecule has 5 heteroatoms. The third-order valence-corrected chi connectivity index (χ3v) is 2.20. The molecule has 0 aliphatic carbocycles. The summed E-state index contributed by atoms with van der Waals surface area (Å²) in [6.07, 6.45) is 0.134. The molecule has 16 heavy (non-hydrogen) atoms. The number of hydrogen-bond acceptors (Lipinski definition) is 3. The Morgan fingerprint density at radius 3 is 2.38 bits per heavy atom. The normalized spacial score (nSPS) is 12.4. The van der Waals surface area contributed by atoms with E-state index in [0.29, 0.717) is 12.3 Å². The summed E-state index contributed by atoms with van der Waals surface area (Å²) in [5, 5.41) is 12.1. The number of aliphatic hydroxyl groups excluding tert-OH is 1. The molecule has 1 unspecified atom stereocenters. The van der Waals surface area contributed by atoms with Crippen molar-refractivity contribution in [1.82, 2.24) is 10.2 Å². The Hall–Kier alpha value is -1.10. The summed E-state index contributed by atoms with van der Waals surface area (Å²) >= 11 is 0. The summed E-state index contributed by atoms with van der Waals surface area (Å²) in [6, 6.07) is 0. The van der Waals surface area contributed by atoms with E-state index >= 15 is 0 Å². The van der Waals surface area contributed by atoms with Crippen LogP contribution in [-0.2, 0) is 9.59 Å². The second-order valence-corrected chi connectivity index (χ2v) is 4.46. The molecule has 0 fully saturated rings. The van der Waals surface area contributed by atoms with Crippen LogP contribution >= 0.6 is 0 Å². The second-order valence-electron chi connectivity index (χ2n) is 4.46. The maximum atomic E-state index is 11.3. The highest BCUT2D eigenvalue weighted by Gasteiger charge is 2.11. The van der Waals surface area contributed by atoms with Crippen molar-refractivity contribution in [3.63, 3.8) is 0 Å². The summed E-state index contributed by atoms with van der Waals surface area (Å²) in [4.78, 5) is 23.5. The fourth-order valence-electron chi connectivity index (χ4n) is 1.24. The van der Waals surface area contributed by atoms with Crippen molar-refractivity contribution in [2.75, 3.05) is 20.1 Å². The zero-order valence-electron chi connectivity index (χ0n) is 10.5. The molecule has 0 aliphatic rings. The standard InChI is InChI=1S/C11H22N2O3/c1-8(2)5-10(15)6-12-11(16)7-13(4)9(3)14/h8,10,15H,5-7H2,1-4H3,(H,12,16). The van der Waals surface area contributed by atoms with Gasteiger partial charge >= 0.3 is 0 Å². The summed E-state index contributed by atoms with van der Waals surface area (Å²) in [5.41, 5.74) is 0. The molecule has 0 saturated carbocycles. The number of hydrogen-bond donors (Lipinski definition) is 2. The van der Waals surface area contributed by atoms with E-state index in [9.17, 15) is 14.7 Å². The van der Waals surface area contributed by atoms with Crippen LogP contribution in [0.3, 0.4) is 0 Å². The highest BCUT2D eigenvalue weighted by molar-refractivity contribution is 5.83. The van der Waals surface area contributed by atoms with Gasteiger partial charge in [0.25, 0.3) is 0 Å². The zero-order chi connectivity index (χ0) is 12.7. The van der Waals surface area contributed by atoms with E-state index in [1.54, 1.807) is 7.05 Å². The van der Waals surface area contributed by atoms with Gasteiger partial charge in [-0.1, -0.05) is 13.8 Å². The van der Waals surface area contributed by atoms with E-state index < -0.39 is 6.10 Å². The highest BCUT2D eigenvalue weighted by Crippen LogP contribution is 2.03. The Morgan fingerprint density at radius 2 is 1.94 bits per heavy atom. The molecule has 2 N–H and O–H groups in total. The lowest BCUT2D eigenvalue weighted by atomic mass is 10.1. The minimum atomic E-state index is -0.522. The molecule has 0 aromatic rings. The Labute approximate surface area is 96.8 Å². The predicted molar refractivity (Wildman–Crippen MR) is 61.8 cm³/mol. The molecule has 0 heterocycles. The van der Waals surface area contributed by atoms with E-state index in [0.717, 1.165) is 0 Å². The van der Waals surface area contributed by atoms with Crippen LogP contribution in [0.25, 0.3) is 0 Å². The zero-order valence-corrected chi connectivity index (χ0v) is 10.5. The van der Waals surface area contributed by atoms with Gasteiger partial charge in [-0.05, 0) is 12.3 Å². The van der Waals surface area contributed by atoms with Gasteiger partial charge in [-0.3, -0.25) is 9.59 Å². The summed E-state index contributed by atoms with van der Waals surface area (Å²) in [5.74, 6) is -0.00909. The van der Waals surface area contributed by atoms with Crippen LogP contribution in [0.4, 0.5) is 0 Å². The smallest absolute Gasteiger partial charge is 0.239 e. The van der Waals surface area contributed by atoms with Gasteiger partial charge in [-0.15, -0.1) is 0 Å². The topological polar surface area (TPSA) is 69.6 Å². The molecule has 0 rings (SSSR count). The summed E-state index contributed by atoms with van der Waals surface area (Å²) in [7, 11) is 1.56. The average molecular weight is 230 g/mol. The Morgan fingerprint density at radius 1 is 1.38 bits per heavy atom. The van der Waals surface area contributed by atoms with Gasteiger partial charge in [-0.25, -0.2) is 0 Å². The van der Waals surface area contributed by atoms with Crippen LogP contribution < -0.4 is 5.32 Å². The Kier molecular flexibility index (Phi) is 6.72. The lowest BCUT2D eigenvalue weighted by molar-refractivity contribution is -0.133. The van der Waals surface area contributed by atoms with Crippen LogP contribution in [-0.4, -0.2) is 48.1 Å². The summed E-state index contributed by atoms with van der Waals surface area (Å²) in [6.45, 7) is 5.69. The van der Waals surface area contributed by atoms with E-state index in [-0.39, 0.29) is 24.9 Å². The molecule has 0 radical (unpaired) electrons. The van der Waals surface area contributed by atoms with Crippen molar-refractivity contribution < 1.29 is 14.7 Å². The van der Waals surface area contributed by atoms with E-state index in [4.69, 9.17) is 0 Å². The summed E-state index contributed by atoms with van der Waals surface area (Å²) < 4.78 is 0. The maximum absolute atomic E-state index is 11.3. The van der Waals surface area contributed by atoms with Gasteiger partial charge in [0.1, 0.15) is 0 Å². The molecular weight excluding hydrogens is 208 g/mol. The van der Waals surface area contributed by atoms with Gasteiger partial charge in [0.05, 0.1) is 12.6 Å². The van der Waals surface area contributed by atoms with Gasteiger partial charge in [0.15, 0.2) is 0 Å². The second kappa shape index (κ2) is 7.22. The van der Waals surface area contributed by atoms with Crippen molar-refractivity contribution in [3.8, 4) is 0 Å². The number of amides is 2. The first kappa shape index (κ1) is 14.9. The molecule has 0 saturated heterocycles. The largest absolute Gasteiger partial charge is 0.391 e. The van der Waals surface area contributed by atoms with Crippen LogP contribution in [0.1, 0.15) is 27.2 Å². The first-order valence-electron chi connectivity index (χ1n) is 5.49. The van der Waals surface area contributed by atoms with Crippen molar-refractivity contribution in [1.29, 1.82) is 0 Å². The number of likely N-dealkylation sites (N-methyl/N-ethyl adjacent to an activating group) is 1. The monoisotopic (exact) mass is 230 g/mol. The highest BCUT2D eigenvalue weighted by atomic mass is 16.3. The van der Waals surface area contributed by atoms with E-state index in [2.05, 4.69) is 5.32 Å². The molecule has 0 aromatic heterocycles. The third kappa shape index (κ3) is 7.23. The average Bonchev–Trinajstić information content (AvgIpc) is 2.13. The third-order valence-electron chi connectivity index (χ3n) is 2.20. The van der Waals surface area contributed by atoms with Crippen LogP contribution in [0.15, 0.2) is 0 Å². The number of carbonyl (C=O) groups is 2. The Bertz CT molecular complexity index is 241. The van der Waals surface area contributed by atoms with Gasteiger partial charge < -0.3 is 15.3 Å². The maximum Gasteiger partial charge on any atom is 0.239 e. The minimum absolute atomic E-state index is 0.0315. The molecule has 2 amide bonds. The first-order chi connectivity index (χ1) is 7.32. The van der Waals surface area contributed by atoms with E-state index in [1.165, 1.54) is 11.8 Å². The fraction of sp³-hybridized carbons (Fsp3) is 0.818. The molecular formula is C11H22N2O3. The number of carbonyl (C=O) groups excluding carboxylic acids is 2. The lowest BCUT2D eigenvalue weighted by Crippen LogP contribution is -2.40. The van der Waals surface area contributed by atoms with E-state index in [1.807, 2.05) is 13.8 Å². The molecule has 94 valence electrons. The molecule has 0 aliphatic heterocycles. The molecule has 0 bridgehead atoms. The number of nitrogens with zero attached hydrogens (tertiary/aromatic N) is 1. The van der Waals surface area contributed by atoms with Crippen molar-refractivity contribution >= 4 is 11.8 Å². The predicted octanol–water partition coefficient (Wildman–Crippen LogP) is -0.0121. The first-order valence-corrected chi connectivity index (χ1v) is 5.49. The fourth-order valence-corrected chi connectivity index (χ4v) is 1.24. The molecule has 0 spiro atoms. The van der Waals surface area contributed by atoms with Crippen LogP contribution in [0, 0.1) is 5.92 Å². The quantitative estimate of drug-likeness (QED) is 0.674. The van der Waals surface area contributed by atoms with Crippen LogP contribution in [0.2, 0.25) is 0 Å². The number of aliphatic hydroxyl groups is 1. The lowest BCUT2D eigenvalue weighted by Gasteiger charge is -2.17. The van der Waals surface area contributed by atoms with Crippen LogP contribution in [0.5, 0.6) is 0 Å².